The molecule has 108 valence electrons. The SMILES string of the molecule is CCCOc1cc(N(C)CC(C)C#N)ccc1[N+](=O)[O-]. The van der Waals surface area contributed by atoms with E-state index in [0.29, 0.717) is 13.2 Å². The number of nitro benzene ring substituents is 1. The fourth-order valence-electron chi connectivity index (χ4n) is 1.78. The van der Waals surface area contributed by atoms with E-state index >= 15 is 0 Å². The largest absolute Gasteiger partial charge is 0.487 e. The van der Waals surface area contributed by atoms with Crippen LogP contribution < -0.4 is 9.64 Å². The summed E-state index contributed by atoms with van der Waals surface area (Å²) in [5, 5.41) is 19.8. The maximum Gasteiger partial charge on any atom is 0.311 e. The standard InChI is InChI=1S/C14H19N3O3/c1-4-7-20-14-8-12(5-6-13(14)17(18)19)16(3)10-11(2)9-15/h5-6,8,11H,4,7,10H2,1-3H3. The minimum Gasteiger partial charge on any atom is -0.487 e. The summed E-state index contributed by atoms with van der Waals surface area (Å²) in [4.78, 5) is 12.4. The molecule has 1 aromatic rings. The van der Waals surface area contributed by atoms with Gasteiger partial charge in [0.1, 0.15) is 0 Å². The van der Waals surface area contributed by atoms with Crippen molar-refractivity contribution < 1.29 is 9.66 Å². The van der Waals surface area contributed by atoms with Crippen molar-refractivity contribution in [3.05, 3.63) is 28.3 Å². The first-order valence-corrected chi connectivity index (χ1v) is 6.51. The van der Waals surface area contributed by atoms with Crippen molar-refractivity contribution in [3.63, 3.8) is 0 Å². The van der Waals surface area contributed by atoms with E-state index < -0.39 is 4.92 Å². The first kappa shape index (κ1) is 15.8. The minimum absolute atomic E-state index is 0.0380. The molecule has 0 N–H and O–H groups in total. The van der Waals surface area contributed by atoms with E-state index in [9.17, 15) is 10.1 Å². The first-order chi connectivity index (χ1) is 9.49. The fourth-order valence-corrected chi connectivity index (χ4v) is 1.78. The van der Waals surface area contributed by atoms with E-state index in [4.69, 9.17) is 10.00 Å². The number of hydrogen-bond acceptors (Lipinski definition) is 5. The highest BCUT2D eigenvalue weighted by Gasteiger charge is 2.17. The summed E-state index contributed by atoms with van der Waals surface area (Å²) in [6.07, 6.45) is 0.780. The highest BCUT2D eigenvalue weighted by Crippen LogP contribution is 2.31. The van der Waals surface area contributed by atoms with Gasteiger partial charge < -0.3 is 9.64 Å². The zero-order valence-electron chi connectivity index (χ0n) is 12.0. The molecule has 6 heteroatoms. The molecule has 0 spiro atoms. The molecule has 0 aliphatic heterocycles. The molecular weight excluding hydrogens is 258 g/mol. The molecule has 0 aliphatic rings. The number of hydrogen-bond donors (Lipinski definition) is 0. The summed E-state index contributed by atoms with van der Waals surface area (Å²) in [7, 11) is 1.85. The number of benzene rings is 1. The van der Waals surface area contributed by atoms with E-state index in [0.717, 1.165) is 12.1 Å². The van der Waals surface area contributed by atoms with Crippen LogP contribution >= 0.6 is 0 Å². The lowest BCUT2D eigenvalue weighted by Crippen LogP contribution is -2.23. The lowest BCUT2D eigenvalue weighted by atomic mass is 10.2. The monoisotopic (exact) mass is 277 g/mol. The summed E-state index contributed by atoms with van der Waals surface area (Å²) in [5.41, 5.74) is 0.757. The van der Waals surface area contributed by atoms with E-state index in [1.807, 2.05) is 25.8 Å². The predicted molar refractivity (Wildman–Crippen MR) is 76.9 cm³/mol. The number of nitriles is 1. The van der Waals surface area contributed by atoms with Crippen LogP contribution in [0.25, 0.3) is 0 Å². The van der Waals surface area contributed by atoms with Gasteiger partial charge in [-0.25, -0.2) is 0 Å². The van der Waals surface area contributed by atoms with Gasteiger partial charge in [-0.2, -0.15) is 5.26 Å². The predicted octanol–water partition coefficient (Wildman–Crippen LogP) is 2.98. The second-order valence-electron chi connectivity index (χ2n) is 4.67. The molecule has 0 aromatic heterocycles. The molecule has 0 saturated carbocycles. The molecule has 1 atom stereocenters. The van der Waals surface area contributed by atoms with Crippen LogP contribution in [0.4, 0.5) is 11.4 Å². The van der Waals surface area contributed by atoms with Gasteiger partial charge >= 0.3 is 5.69 Å². The molecule has 0 heterocycles. The zero-order valence-corrected chi connectivity index (χ0v) is 12.0. The molecule has 0 bridgehead atoms. The summed E-state index contributed by atoms with van der Waals surface area (Å²) in [6.45, 7) is 4.76. The second kappa shape index (κ2) is 7.34. The van der Waals surface area contributed by atoms with Crippen molar-refractivity contribution >= 4 is 11.4 Å². The number of nitro groups is 1. The molecule has 0 amide bonds. The van der Waals surface area contributed by atoms with Gasteiger partial charge in [-0.3, -0.25) is 10.1 Å². The normalized spacial score (nSPS) is 11.5. The van der Waals surface area contributed by atoms with Gasteiger partial charge in [0.05, 0.1) is 23.5 Å². The van der Waals surface area contributed by atoms with Crippen molar-refractivity contribution in [2.75, 3.05) is 25.1 Å². The quantitative estimate of drug-likeness (QED) is 0.565. The highest BCUT2D eigenvalue weighted by molar-refractivity contribution is 5.59. The average molecular weight is 277 g/mol. The topological polar surface area (TPSA) is 79.4 Å². The van der Waals surface area contributed by atoms with Crippen molar-refractivity contribution in [2.24, 2.45) is 5.92 Å². The van der Waals surface area contributed by atoms with Gasteiger partial charge in [-0.1, -0.05) is 6.92 Å². The third-order valence-electron chi connectivity index (χ3n) is 2.81. The van der Waals surface area contributed by atoms with Crippen molar-refractivity contribution in [3.8, 4) is 11.8 Å². The van der Waals surface area contributed by atoms with Gasteiger partial charge in [0.25, 0.3) is 0 Å². The second-order valence-corrected chi connectivity index (χ2v) is 4.67. The van der Waals surface area contributed by atoms with Gasteiger partial charge in [0.2, 0.25) is 0 Å². The van der Waals surface area contributed by atoms with Crippen LogP contribution in [0, 0.1) is 27.4 Å². The number of nitrogens with zero attached hydrogens (tertiary/aromatic N) is 3. The summed E-state index contributed by atoms with van der Waals surface area (Å²) in [6, 6.07) is 6.92. The Balaban J connectivity index is 2.99. The summed E-state index contributed by atoms with van der Waals surface area (Å²) in [5.74, 6) is 0.154. The molecule has 6 nitrogen and oxygen atoms in total. The molecule has 1 aromatic carbocycles. The van der Waals surface area contributed by atoms with Crippen molar-refractivity contribution in [1.29, 1.82) is 5.26 Å². The number of rotatable bonds is 7. The Hall–Kier alpha value is -2.29. The van der Waals surface area contributed by atoms with E-state index in [1.165, 1.54) is 6.07 Å². The maximum atomic E-state index is 11.0. The summed E-state index contributed by atoms with van der Waals surface area (Å²) < 4.78 is 5.44. The van der Waals surface area contributed by atoms with Gasteiger partial charge in [0.15, 0.2) is 5.75 Å². The van der Waals surface area contributed by atoms with Crippen molar-refractivity contribution in [2.45, 2.75) is 20.3 Å². The van der Waals surface area contributed by atoms with Crippen LogP contribution in [0.3, 0.4) is 0 Å². The minimum atomic E-state index is -0.452. The van der Waals surface area contributed by atoms with Crippen LogP contribution in [0.5, 0.6) is 5.75 Å². The van der Waals surface area contributed by atoms with Gasteiger partial charge in [0, 0.05) is 31.4 Å². The lowest BCUT2D eigenvalue weighted by molar-refractivity contribution is -0.385. The molecule has 0 radical (unpaired) electrons. The third kappa shape index (κ3) is 4.12. The van der Waals surface area contributed by atoms with E-state index in [1.54, 1.807) is 12.1 Å². The zero-order chi connectivity index (χ0) is 15.1. The van der Waals surface area contributed by atoms with Gasteiger partial charge in [-0.15, -0.1) is 0 Å². The molecule has 1 unspecified atom stereocenters. The number of ether oxygens (including phenoxy) is 1. The van der Waals surface area contributed by atoms with E-state index in [2.05, 4.69) is 6.07 Å². The fraction of sp³-hybridized carbons (Fsp3) is 0.500. The number of anilines is 1. The Morgan fingerprint density at radius 1 is 1.55 bits per heavy atom. The van der Waals surface area contributed by atoms with Crippen LogP contribution in [0.1, 0.15) is 20.3 Å². The Morgan fingerprint density at radius 2 is 2.25 bits per heavy atom. The lowest BCUT2D eigenvalue weighted by Gasteiger charge is -2.21. The smallest absolute Gasteiger partial charge is 0.311 e. The van der Waals surface area contributed by atoms with E-state index in [-0.39, 0.29) is 17.4 Å². The maximum absolute atomic E-state index is 11.0. The highest BCUT2D eigenvalue weighted by atomic mass is 16.6. The molecule has 0 fully saturated rings. The Morgan fingerprint density at radius 3 is 2.80 bits per heavy atom. The molecule has 1 rings (SSSR count). The molecule has 20 heavy (non-hydrogen) atoms. The molecule has 0 aliphatic carbocycles. The Kier molecular flexibility index (Phi) is 5.78. The molecule has 0 saturated heterocycles. The third-order valence-corrected chi connectivity index (χ3v) is 2.81. The first-order valence-electron chi connectivity index (χ1n) is 6.51. The van der Waals surface area contributed by atoms with Crippen LogP contribution in [0.15, 0.2) is 18.2 Å². The van der Waals surface area contributed by atoms with Crippen molar-refractivity contribution in [1.82, 2.24) is 0 Å². The van der Waals surface area contributed by atoms with Gasteiger partial charge in [-0.05, 0) is 19.4 Å². The Bertz CT molecular complexity index is 511. The van der Waals surface area contributed by atoms with Crippen LogP contribution in [0.2, 0.25) is 0 Å². The summed E-state index contributed by atoms with van der Waals surface area (Å²) >= 11 is 0. The Labute approximate surface area is 118 Å². The van der Waals surface area contributed by atoms with Crippen LogP contribution in [-0.4, -0.2) is 25.1 Å². The van der Waals surface area contributed by atoms with Crippen LogP contribution in [-0.2, 0) is 0 Å². The molecular formula is C14H19N3O3. The average Bonchev–Trinajstić information content (AvgIpc) is 2.44.